The van der Waals surface area contributed by atoms with Gasteiger partial charge in [0.15, 0.2) is 0 Å². The van der Waals surface area contributed by atoms with E-state index in [1.54, 1.807) is 0 Å². The van der Waals surface area contributed by atoms with Gasteiger partial charge in [0.1, 0.15) is 5.75 Å². The predicted octanol–water partition coefficient (Wildman–Crippen LogP) is 4.40. The van der Waals surface area contributed by atoms with Gasteiger partial charge in [0.05, 0.1) is 6.61 Å². The number of hydrogen-bond acceptors (Lipinski definition) is 2. The Hall–Kier alpha value is -1.02. The van der Waals surface area contributed by atoms with Crippen LogP contribution in [0.4, 0.5) is 0 Å². The molecule has 0 amide bonds. The van der Waals surface area contributed by atoms with E-state index in [1.165, 1.54) is 38.5 Å². The van der Waals surface area contributed by atoms with Gasteiger partial charge in [-0.05, 0) is 43.9 Å². The van der Waals surface area contributed by atoms with Gasteiger partial charge in [0, 0.05) is 6.04 Å². The Morgan fingerprint density at radius 2 is 1.95 bits per heavy atom. The SMILES string of the molecule is CCCNC(CCOc1ccccc1)CC1CCCC1. The smallest absolute Gasteiger partial charge is 0.119 e. The zero-order valence-electron chi connectivity index (χ0n) is 12.8. The van der Waals surface area contributed by atoms with Crippen LogP contribution in [0.25, 0.3) is 0 Å². The van der Waals surface area contributed by atoms with Crippen LogP contribution in [0.3, 0.4) is 0 Å². The van der Waals surface area contributed by atoms with Gasteiger partial charge in [-0.25, -0.2) is 0 Å². The van der Waals surface area contributed by atoms with Crippen LogP contribution in [0.2, 0.25) is 0 Å². The summed E-state index contributed by atoms with van der Waals surface area (Å²) in [6, 6.07) is 10.8. The molecule has 1 aliphatic rings. The van der Waals surface area contributed by atoms with E-state index in [1.807, 2.05) is 30.3 Å². The van der Waals surface area contributed by atoms with Crippen LogP contribution in [-0.4, -0.2) is 19.2 Å². The molecule has 0 aromatic heterocycles. The quantitative estimate of drug-likeness (QED) is 0.721. The van der Waals surface area contributed by atoms with Crippen molar-refractivity contribution in [3.63, 3.8) is 0 Å². The average Bonchev–Trinajstić information content (AvgIpc) is 2.98. The largest absolute Gasteiger partial charge is 0.494 e. The summed E-state index contributed by atoms with van der Waals surface area (Å²) in [6.07, 6.45) is 9.40. The van der Waals surface area contributed by atoms with Crippen molar-refractivity contribution < 1.29 is 4.74 Å². The second kappa shape index (κ2) is 9.02. The Morgan fingerprint density at radius 1 is 1.20 bits per heavy atom. The standard InChI is InChI=1S/C18H29NO/c1-2-13-19-17(15-16-8-6-7-9-16)12-14-20-18-10-4-3-5-11-18/h3-5,10-11,16-17,19H,2,6-9,12-15H2,1H3. The fourth-order valence-electron chi connectivity index (χ4n) is 3.14. The van der Waals surface area contributed by atoms with Crippen molar-refractivity contribution in [2.24, 2.45) is 5.92 Å². The molecule has 0 radical (unpaired) electrons. The van der Waals surface area contributed by atoms with Gasteiger partial charge in [-0.15, -0.1) is 0 Å². The van der Waals surface area contributed by atoms with Crippen LogP contribution in [0.15, 0.2) is 30.3 Å². The minimum absolute atomic E-state index is 0.627. The third-order valence-corrected chi connectivity index (χ3v) is 4.25. The van der Waals surface area contributed by atoms with E-state index in [0.29, 0.717) is 6.04 Å². The van der Waals surface area contributed by atoms with Gasteiger partial charge in [-0.3, -0.25) is 0 Å². The van der Waals surface area contributed by atoms with Crippen LogP contribution >= 0.6 is 0 Å². The Labute approximate surface area is 123 Å². The summed E-state index contributed by atoms with van der Waals surface area (Å²) in [5.41, 5.74) is 0. The molecule has 1 saturated carbocycles. The fourth-order valence-corrected chi connectivity index (χ4v) is 3.14. The van der Waals surface area contributed by atoms with Crippen LogP contribution in [-0.2, 0) is 0 Å². The second-order valence-corrected chi connectivity index (χ2v) is 5.99. The molecule has 0 bridgehead atoms. The molecule has 1 aromatic rings. The first-order valence-corrected chi connectivity index (χ1v) is 8.29. The molecule has 1 unspecified atom stereocenters. The lowest BCUT2D eigenvalue weighted by atomic mass is 9.96. The Kier molecular flexibility index (Phi) is 6.93. The summed E-state index contributed by atoms with van der Waals surface area (Å²) in [6.45, 7) is 4.18. The van der Waals surface area contributed by atoms with Crippen LogP contribution in [0.1, 0.15) is 51.9 Å². The topological polar surface area (TPSA) is 21.3 Å². The van der Waals surface area contributed by atoms with Crippen molar-refractivity contribution >= 4 is 0 Å². The molecular formula is C18H29NO. The molecule has 2 nitrogen and oxygen atoms in total. The first-order chi connectivity index (χ1) is 9.88. The van der Waals surface area contributed by atoms with Gasteiger partial charge in [-0.2, -0.15) is 0 Å². The van der Waals surface area contributed by atoms with Crippen LogP contribution in [0.5, 0.6) is 5.75 Å². The van der Waals surface area contributed by atoms with E-state index in [4.69, 9.17) is 4.74 Å². The molecule has 2 rings (SSSR count). The van der Waals surface area contributed by atoms with E-state index < -0.39 is 0 Å². The van der Waals surface area contributed by atoms with Crippen molar-refractivity contribution in [1.29, 1.82) is 0 Å². The first kappa shape index (κ1) is 15.4. The van der Waals surface area contributed by atoms with Crippen molar-refractivity contribution in [3.05, 3.63) is 30.3 Å². The third kappa shape index (κ3) is 5.54. The zero-order chi connectivity index (χ0) is 14.0. The highest BCUT2D eigenvalue weighted by Crippen LogP contribution is 2.29. The molecule has 0 aliphatic heterocycles. The van der Waals surface area contributed by atoms with E-state index in [2.05, 4.69) is 12.2 Å². The fraction of sp³-hybridized carbons (Fsp3) is 0.667. The molecule has 1 N–H and O–H groups in total. The summed E-state index contributed by atoms with van der Waals surface area (Å²) in [5.74, 6) is 1.93. The lowest BCUT2D eigenvalue weighted by Crippen LogP contribution is -2.33. The molecule has 0 spiro atoms. The second-order valence-electron chi connectivity index (χ2n) is 5.99. The molecule has 1 aliphatic carbocycles. The predicted molar refractivity (Wildman–Crippen MR) is 85.2 cm³/mol. The minimum Gasteiger partial charge on any atom is -0.494 e. The average molecular weight is 275 g/mol. The van der Waals surface area contributed by atoms with Gasteiger partial charge in [0.2, 0.25) is 0 Å². The van der Waals surface area contributed by atoms with E-state index in [-0.39, 0.29) is 0 Å². The zero-order valence-corrected chi connectivity index (χ0v) is 12.8. The molecule has 1 aromatic carbocycles. The molecule has 0 heterocycles. The van der Waals surface area contributed by atoms with Gasteiger partial charge in [0.25, 0.3) is 0 Å². The maximum Gasteiger partial charge on any atom is 0.119 e. The Bertz CT molecular complexity index is 346. The van der Waals surface area contributed by atoms with Gasteiger partial charge >= 0.3 is 0 Å². The molecule has 0 saturated heterocycles. The van der Waals surface area contributed by atoms with Crippen molar-refractivity contribution in [2.45, 2.75) is 57.9 Å². The number of nitrogens with one attached hydrogen (secondary N) is 1. The maximum atomic E-state index is 5.84. The minimum atomic E-state index is 0.627. The molecular weight excluding hydrogens is 246 g/mol. The lowest BCUT2D eigenvalue weighted by Gasteiger charge is -2.22. The van der Waals surface area contributed by atoms with Gasteiger partial charge < -0.3 is 10.1 Å². The Morgan fingerprint density at radius 3 is 2.65 bits per heavy atom. The van der Waals surface area contributed by atoms with E-state index >= 15 is 0 Å². The number of para-hydroxylation sites is 1. The molecule has 20 heavy (non-hydrogen) atoms. The number of benzene rings is 1. The maximum absolute atomic E-state index is 5.84. The highest BCUT2D eigenvalue weighted by Gasteiger charge is 2.19. The number of hydrogen-bond donors (Lipinski definition) is 1. The van der Waals surface area contributed by atoms with Crippen LogP contribution in [0, 0.1) is 5.92 Å². The normalized spacial score (nSPS) is 17.2. The third-order valence-electron chi connectivity index (χ3n) is 4.25. The van der Waals surface area contributed by atoms with Crippen molar-refractivity contribution in [2.75, 3.05) is 13.2 Å². The van der Waals surface area contributed by atoms with Crippen molar-refractivity contribution in [3.8, 4) is 5.75 Å². The first-order valence-electron chi connectivity index (χ1n) is 8.29. The summed E-state index contributed by atoms with van der Waals surface area (Å²) in [7, 11) is 0. The van der Waals surface area contributed by atoms with E-state index in [9.17, 15) is 0 Å². The molecule has 1 fully saturated rings. The van der Waals surface area contributed by atoms with Crippen LogP contribution < -0.4 is 10.1 Å². The summed E-state index contributed by atoms with van der Waals surface area (Å²) in [4.78, 5) is 0. The summed E-state index contributed by atoms with van der Waals surface area (Å²) >= 11 is 0. The summed E-state index contributed by atoms with van der Waals surface area (Å²) < 4.78 is 5.84. The molecule has 112 valence electrons. The highest BCUT2D eigenvalue weighted by atomic mass is 16.5. The van der Waals surface area contributed by atoms with E-state index in [0.717, 1.165) is 31.2 Å². The molecule has 1 atom stereocenters. The highest BCUT2D eigenvalue weighted by molar-refractivity contribution is 5.20. The summed E-state index contributed by atoms with van der Waals surface area (Å²) in [5, 5.41) is 3.70. The molecule has 2 heteroatoms. The van der Waals surface area contributed by atoms with Gasteiger partial charge in [-0.1, -0.05) is 50.8 Å². The monoisotopic (exact) mass is 275 g/mol. The van der Waals surface area contributed by atoms with Crippen molar-refractivity contribution in [1.82, 2.24) is 5.32 Å². The number of rotatable bonds is 9. The number of ether oxygens (including phenoxy) is 1. The Balaban J connectivity index is 1.71. The lowest BCUT2D eigenvalue weighted by molar-refractivity contribution is 0.267.